The topological polar surface area (TPSA) is 56.2 Å². The molecule has 104 valence electrons. The number of carbonyl (C=O) groups excluding carboxylic acids is 1. The second kappa shape index (κ2) is 4.37. The first-order valence-corrected chi connectivity index (χ1v) is 6.56. The zero-order valence-electron chi connectivity index (χ0n) is 11.8. The van der Waals surface area contributed by atoms with E-state index in [2.05, 4.69) is 10.4 Å². The first kappa shape index (κ1) is 12.7. The van der Waals surface area contributed by atoms with E-state index in [0.29, 0.717) is 17.1 Å². The second-order valence-electron chi connectivity index (χ2n) is 5.63. The van der Waals surface area contributed by atoms with Crippen LogP contribution < -0.4 is 10.1 Å². The molecule has 2 aromatic rings. The van der Waals surface area contributed by atoms with Crippen molar-refractivity contribution in [2.45, 2.75) is 25.9 Å². The number of anilines is 1. The first-order valence-electron chi connectivity index (χ1n) is 6.56. The Bertz CT molecular complexity index is 674. The van der Waals surface area contributed by atoms with Crippen molar-refractivity contribution in [1.29, 1.82) is 0 Å². The molecule has 2 heterocycles. The number of nitrogens with one attached hydrogen (secondary N) is 1. The van der Waals surface area contributed by atoms with E-state index >= 15 is 0 Å². The van der Waals surface area contributed by atoms with Crippen LogP contribution in [0.4, 0.5) is 5.82 Å². The molecule has 0 fully saturated rings. The van der Waals surface area contributed by atoms with Gasteiger partial charge in [-0.3, -0.25) is 9.48 Å². The maximum Gasteiger partial charge on any atom is 0.260 e. The van der Waals surface area contributed by atoms with Crippen molar-refractivity contribution in [3.05, 3.63) is 41.6 Å². The summed E-state index contributed by atoms with van der Waals surface area (Å²) in [6.07, 6.45) is 2.46. The molecule has 1 aliphatic rings. The summed E-state index contributed by atoms with van der Waals surface area (Å²) in [5.41, 5.74) is 1.38. The number of hydrogen-bond donors (Lipinski definition) is 1. The van der Waals surface area contributed by atoms with Gasteiger partial charge in [0.1, 0.15) is 17.2 Å². The van der Waals surface area contributed by atoms with Crippen molar-refractivity contribution in [3.63, 3.8) is 0 Å². The van der Waals surface area contributed by atoms with Gasteiger partial charge in [0.15, 0.2) is 0 Å². The standard InChI is InChI=1S/C15H17N3O2/c1-15(2)9-10-5-4-6-11(13(10)20-15)14(19)17-12-7-8-16-18(12)3/h4-8H,9H2,1-3H3,(H,17,19). The number of benzene rings is 1. The number of hydrogen-bond acceptors (Lipinski definition) is 3. The maximum absolute atomic E-state index is 12.4. The molecule has 5 nitrogen and oxygen atoms in total. The number of para-hydroxylation sites is 1. The van der Waals surface area contributed by atoms with Crippen LogP contribution in [0.2, 0.25) is 0 Å². The summed E-state index contributed by atoms with van der Waals surface area (Å²) in [5.74, 6) is 1.17. The van der Waals surface area contributed by atoms with Crippen molar-refractivity contribution in [2.75, 3.05) is 5.32 Å². The van der Waals surface area contributed by atoms with E-state index in [-0.39, 0.29) is 11.5 Å². The third kappa shape index (κ3) is 2.15. The predicted molar refractivity (Wildman–Crippen MR) is 76.0 cm³/mol. The van der Waals surface area contributed by atoms with Crippen LogP contribution in [0.5, 0.6) is 5.75 Å². The average Bonchev–Trinajstić information content (AvgIpc) is 2.90. The normalized spacial score (nSPS) is 15.6. The van der Waals surface area contributed by atoms with E-state index in [4.69, 9.17) is 4.74 Å². The third-order valence-corrected chi connectivity index (χ3v) is 3.40. The fourth-order valence-corrected chi connectivity index (χ4v) is 2.47. The Kier molecular flexibility index (Phi) is 2.78. The summed E-state index contributed by atoms with van der Waals surface area (Å²) in [7, 11) is 1.78. The largest absolute Gasteiger partial charge is 0.486 e. The molecule has 20 heavy (non-hydrogen) atoms. The molecular weight excluding hydrogens is 254 g/mol. The summed E-state index contributed by atoms with van der Waals surface area (Å²) >= 11 is 0. The van der Waals surface area contributed by atoms with Gasteiger partial charge in [0.05, 0.1) is 11.8 Å². The average molecular weight is 271 g/mol. The highest BCUT2D eigenvalue weighted by Crippen LogP contribution is 2.37. The van der Waals surface area contributed by atoms with Gasteiger partial charge in [-0.15, -0.1) is 0 Å². The Morgan fingerprint density at radius 1 is 1.40 bits per heavy atom. The van der Waals surface area contributed by atoms with Gasteiger partial charge in [0.2, 0.25) is 0 Å². The molecule has 1 aromatic heterocycles. The van der Waals surface area contributed by atoms with E-state index in [9.17, 15) is 4.79 Å². The maximum atomic E-state index is 12.4. The summed E-state index contributed by atoms with van der Waals surface area (Å²) < 4.78 is 7.53. The highest BCUT2D eigenvalue weighted by Gasteiger charge is 2.33. The van der Waals surface area contributed by atoms with Crippen LogP contribution in [0, 0.1) is 0 Å². The molecule has 0 spiro atoms. The molecule has 0 bridgehead atoms. The quantitative estimate of drug-likeness (QED) is 0.912. The van der Waals surface area contributed by atoms with Crippen LogP contribution in [0.1, 0.15) is 29.8 Å². The molecule has 1 aliphatic heterocycles. The Balaban J connectivity index is 1.91. The summed E-state index contributed by atoms with van der Waals surface area (Å²) in [6.45, 7) is 4.05. The van der Waals surface area contributed by atoms with Gasteiger partial charge in [-0.1, -0.05) is 12.1 Å². The van der Waals surface area contributed by atoms with E-state index in [1.54, 1.807) is 30.1 Å². The van der Waals surface area contributed by atoms with Crippen molar-refractivity contribution >= 4 is 11.7 Å². The molecule has 0 unspecified atom stereocenters. The zero-order valence-corrected chi connectivity index (χ0v) is 11.8. The molecular formula is C15H17N3O2. The van der Waals surface area contributed by atoms with Gasteiger partial charge >= 0.3 is 0 Å². The number of rotatable bonds is 2. The van der Waals surface area contributed by atoms with Crippen molar-refractivity contribution < 1.29 is 9.53 Å². The number of aromatic nitrogens is 2. The summed E-state index contributed by atoms with van der Waals surface area (Å²) in [4.78, 5) is 12.4. The molecule has 0 aliphatic carbocycles. The predicted octanol–water partition coefficient (Wildman–Crippen LogP) is 2.39. The number of amides is 1. The fraction of sp³-hybridized carbons (Fsp3) is 0.333. The van der Waals surface area contributed by atoms with Crippen molar-refractivity contribution in [2.24, 2.45) is 7.05 Å². The molecule has 0 radical (unpaired) electrons. The number of nitrogens with zero attached hydrogens (tertiary/aromatic N) is 2. The molecule has 1 N–H and O–H groups in total. The smallest absolute Gasteiger partial charge is 0.260 e. The molecule has 1 amide bonds. The number of ether oxygens (including phenoxy) is 1. The Morgan fingerprint density at radius 2 is 2.20 bits per heavy atom. The van der Waals surface area contributed by atoms with E-state index in [1.807, 2.05) is 26.0 Å². The van der Waals surface area contributed by atoms with Crippen molar-refractivity contribution in [1.82, 2.24) is 9.78 Å². The zero-order chi connectivity index (χ0) is 14.3. The van der Waals surface area contributed by atoms with Gasteiger partial charge in [0.25, 0.3) is 5.91 Å². The fourth-order valence-electron chi connectivity index (χ4n) is 2.47. The first-order chi connectivity index (χ1) is 9.46. The SMILES string of the molecule is Cn1nccc1NC(=O)c1cccc2c1OC(C)(C)C2. The lowest BCUT2D eigenvalue weighted by Gasteiger charge is -2.18. The molecule has 5 heteroatoms. The monoisotopic (exact) mass is 271 g/mol. The molecule has 0 saturated heterocycles. The number of carbonyl (C=O) groups is 1. The number of fused-ring (bicyclic) bond motifs is 1. The van der Waals surface area contributed by atoms with Crippen LogP contribution >= 0.6 is 0 Å². The van der Waals surface area contributed by atoms with Gasteiger partial charge in [-0.25, -0.2) is 0 Å². The minimum absolute atomic E-state index is 0.178. The Morgan fingerprint density at radius 3 is 2.90 bits per heavy atom. The minimum Gasteiger partial charge on any atom is -0.486 e. The minimum atomic E-state index is -0.259. The van der Waals surface area contributed by atoms with Crippen LogP contribution in [0.3, 0.4) is 0 Å². The highest BCUT2D eigenvalue weighted by atomic mass is 16.5. The second-order valence-corrected chi connectivity index (χ2v) is 5.63. The Hall–Kier alpha value is -2.30. The lowest BCUT2D eigenvalue weighted by atomic mass is 10.0. The molecule has 0 saturated carbocycles. The lowest BCUT2D eigenvalue weighted by Crippen LogP contribution is -2.25. The van der Waals surface area contributed by atoms with Crippen LogP contribution in [0.25, 0.3) is 0 Å². The molecule has 1 aromatic carbocycles. The van der Waals surface area contributed by atoms with E-state index in [0.717, 1.165) is 12.0 Å². The van der Waals surface area contributed by atoms with Crippen LogP contribution in [-0.2, 0) is 13.5 Å². The van der Waals surface area contributed by atoms with Crippen LogP contribution in [-0.4, -0.2) is 21.3 Å². The number of aryl methyl sites for hydroxylation is 1. The van der Waals surface area contributed by atoms with E-state index < -0.39 is 0 Å². The van der Waals surface area contributed by atoms with Gasteiger partial charge in [-0.2, -0.15) is 5.10 Å². The summed E-state index contributed by atoms with van der Waals surface area (Å²) in [5, 5.41) is 6.87. The molecule has 0 atom stereocenters. The van der Waals surface area contributed by atoms with Gasteiger partial charge in [0, 0.05) is 19.5 Å². The molecule has 3 rings (SSSR count). The summed E-state index contributed by atoms with van der Waals surface area (Å²) in [6, 6.07) is 7.44. The van der Waals surface area contributed by atoms with Gasteiger partial charge in [-0.05, 0) is 25.5 Å². The highest BCUT2D eigenvalue weighted by molar-refractivity contribution is 6.06. The lowest BCUT2D eigenvalue weighted by molar-refractivity contribution is 0.101. The third-order valence-electron chi connectivity index (χ3n) is 3.40. The van der Waals surface area contributed by atoms with Gasteiger partial charge < -0.3 is 10.1 Å². The van der Waals surface area contributed by atoms with E-state index in [1.165, 1.54) is 0 Å². The van der Waals surface area contributed by atoms with Crippen molar-refractivity contribution in [3.8, 4) is 5.75 Å². The Labute approximate surface area is 117 Å². The van der Waals surface area contributed by atoms with Crippen LogP contribution in [0.15, 0.2) is 30.5 Å².